The summed E-state index contributed by atoms with van der Waals surface area (Å²) in [6, 6.07) is 0. The van der Waals surface area contributed by atoms with Gasteiger partial charge in [0.2, 0.25) is 0 Å². The van der Waals surface area contributed by atoms with Crippen molar-refractivity contribution in [3.63, 3.8) is 0 Å². The number of hydrogen-bond donors (Lipinski definition) is 2. The smallest absolute Gasteiger partial charge is 0.107 e. The van der Waals surface area contributed by atoms with E-state index in [9.17, 15) is 5.11 Å². The van der Waals surface area contributed by atoms with E-state index in [1.54, 1.807) is 0 Å². The molecule has 1 atom stereocenters. The van der Waals surface area contributed by atoms with Crippen molar-refractivity contribution >= 4 is 19.6 Å². The molecule has 2 aliphatic rings. The number of allylic oxidation sites excluding steroid dienone is 1. The third kappa shape index (κ3) is 2.36. The third-order valence-corrected chi connectivity index (χ3v) is 5.17. The predicted octanol–water partition coefficient (Wildman–Crippen LogP) is 1.69. The average molecular weight is 225 g/mol. The van der Waals surface area contributed by atoms with Crippen LogP contribution in [0.1, 0.15) is 25.7 Å². The third-order valence-electron chi connectivity index (χ3n) is 3.75. The van der Waals surface area contributed by atoms with Gasteiger partial charge < -0.3 is 10.8 Å². The van der Waals surface area contributed by atoms with Crippen LogP contribution in [-0.2, 0) is 0 Å². The normalized spacial score (nSPS) is 37.3. The van der Waals surface area contributed by atoms with E-state index in [0.717, 1.165) is 11.6 Å². The number of aliphatic hydroxyl groups excluding tert-OH is 1. The molecule has 15 heavy (non-hydrogen) atoms. The summed E-state index contributed by atoms with van der Waals surface area (Å²) in [4.78, 5) is 1.26. The van der Waals surface area contributed by atoms with Crippen LogP contribution in [0.4, 0.5) is 0 Å². The molecule has 2 nitrogen and oxygen atoms in total. The molecule has 0 aromatic carbocycles. The minimum absolute atomic E-state index is 0.226. The molecule has 1 fully saturated rings. The molecule has 1 aliphatic heterocycles. The van der Waals surface area contributed by atoms with Crippen LogP contribution in [0.3, 0.4) is 0 Å². The number of thioether (sulfide) groups is 1. The van der Waals surface area contributed by atoms with Crippen LogP contribution in [0.25, 0.3) is 0 Å². The minimum Gasteiger partial charge on any atom is -0.511 e. The van der Waals surface area contributed by atoms with Crippen molar-refractivity contribution in [3.05, 3.63) is 10.7 Å². The Morgan fingerprint density at radius 1 is 1.33 bits per heavy atom. The van der Waals surface area contributed by atoms with Gasteiger partial charge in [0.05, 0.1) is 0 Å². The standard InChI is InChI=1S/C11H20BNOS/c12-9-3-1-7(2-4-9)11-10(14)8(5-13)6-15-11/h7-9,14H,1-6,12-13H2/t7-,8-,9+/m1/s1. The van der Waals surface area contributed by atoms with Crippen molar-refractivity contribution in [2.75, 3.05) is 12.3 Å². The van der Waals surface area contributed by atoms with Gasteiger partial charge >= 0.3 is 0 Å². The monoisotopic (exact) mass is 225 g/mol. The van der Waals surface area contributed by atoms with E-state index in [2.05, 4.69) is 7.85 Å². The second-order valence-electron chi connectivity index (χ2n) is 4.95. The Morgan fingerprint density at radius 3 is 2.53 bits per heavy atom. The van der Waals surface area contributed by atoms with Crippen LogP contribution < -0.4 is 5.73 Å². The number of hydrogen-bond acceptors (Lipinski definition) is 3. The molecule has 0 radical (unpaired) electrons. The molecule has 84 valence electrons. The second-order valence-corrected chi connectivity index (χ2v) is 6.01. The summed E-state index contributed by atoms with van der Waals surface area (Å²) >= 11 is 1.84. The molecular formula is C11H20BNOS. The van der Waals surface area contributed by atoms with Gasteiger partial charge in [-0.25, -0.2) is 0 Å². The molecule has 0 amide bonds. The second kappa shape index (κ2) is 4.83. The molecule has 1 aliphatic carbocycles. The lowest BCUT2D eigenvalue weighted by Crippen LogP contribution is -2.17. The zero-order valence-electron chi connectivity index (χ0n) is 9.41. The lowest BCUT2D eigenvalue weighted by molar-refractivity contribution is 0.330. The highest BCUT2D eigenvalue weighted by Gasteiger charge is 2.31. The molecule has 1 saturated carbocycles. The Bertz CT molecular complexity index is 261. The van der Waals surface area contributed by atoms with Gasteiger partial charge in [-0.3, -0.25) is 0 Å². The van der Waals surface area contributed by atoms with Gasteiger partial charge in [-0.05, 0) is 18.8 Å². The van der Waals surface area contributed by atoms with E-state index in [-0.39, 0.29) is 5.92 Å². The van der Waals surface area contributed by atoms with Gasteiger partial charge in [0.15, 0.2) is 0 Å². The van der Waals surface area contributed by atoms with Crippen molar-refractivity contribution in [1.82, 2.24) is 0 Å². The summed E-state index contributed by atoms with van der Waals surface area (Å²) in [5.41, 5.74) is 5.63. The predicted molar refractivity (Wildman–Crippen MR) is 68.9 cm³/mol. The van der Waals surface area contributed by atoms with Crippen molar-refractivity contribution < 1.29 is 5.11 Å². The van der Waals surface area contributed by atoms with Crippen molar-refractivity contribution in [1.29, 1.82) is 0 Å². The molecule has 0 unspecified atom stereocenters. The van der Waals surface area contributed by atoms with E-state index >= 15 is 0 Å². The van der Waals surface area contributed by atoms with Gasteiger partial charge in [-0.15, -0.1) is 11.8 Å². The topological polar surface area (TPSA) is 46.2 Å². The lowest BCUT2D eigenvalue weighted by atomic mass is 9.71. The van der Waals surface area contributed by atoms with E-state index in [4.69, 9.17) is 5.73 Å². The minimum atomic E-state index is 0.226. The van der Waals surface area contributed by atoms with E-state index in [1.165, 1.54) is 30.6 Å². The molecule has 0 bridgehead atoms. The van der Waals surface area contributed by atoms with Crippen LogP contribution in [0.2, 0.25) is 5.82 Å². The summed E-state index contributed by atoms with van der Waals surface area (Å²) in [7, 11) is 2.33. The maximum Gasteiger partial charge on any atom is 0.107 e. The summed E-state index contributed by atoms with van der Waals surface area (Å²) < 4.78 is 0. The fraction of sp³-hybridized carbons (Fsp3) is 0.818. The SMILES string of the molecule is B[C@H]1CC[C@@H](C2=C(O)[C@H](CN)CS2)CC1. The summed E-state index contributed by atoms with van der Waals surface area (Å²) in [5.74, 6) is 3.33. The maximum absolute atomic E-state index is 10.0. The van der Waals surface area contributed by atoms with Crippen LogP contribution >= 0.6 is 11.8 Å². The van der Waals surface area contributed by atoms with Crippen LogP contribution in [0.15, 0.2) is 10.7 Å². The molecule has 1 heterocycles. The quantitative estimate of drug-likeness (QED) is 0.703. The van der Waals surface area contributed by atoms with Crippen LogP contribution in [0.5, 0.6) is 0 Å². The molecule has 3 N–H and O–H groups in total. The van der Waals surface area contributed by atoms with Gasteiger partial charge in [-0.2, -0.15) is 0 Å². The Kier molecular flexibility index (Phi) is 3.67. The zero-order chi connectivity index (χ0) is 10.8. The zero-order valence-corrected chi connectivity index (χ0v) is 10.2. The lowest BCUT2D eigenvalue weighted by Gasteiger charge is -2.26. The van der Waals surface area contributed by atoms with E-state index < -0.39 is 0 Å². The first-order chi connectivity index (χ1) is 7.22. The molecule has 0 aromatic heterocycles. The van der Waals surface area contributed by atoms with Crippen LogP contribution in [0, 0.1) is 11.8 Å². The molecule has 2 rings (SSSR count). The highest BCUT2D eigenvalue weighted by molar-refractivity contribution is 8.03. The van der Waals surface area contributed by atoms with Crippen LogP contribution in [-0.4, -0.2) is 25.3 Å². The summed E-state index contributed by atoms with van der Waals surface area (Å²) in [6.45, 7) is 0.589. The molecule has 0 aromatic rings. The number of aliphatic hydroxyl groups is 1. The number of rotatable bonds is 2. The fourth-order valence-electron chi connectivity index (χ4n) is 2.57. The first-order valence-electron chi connectivity index (χ1n) is 5.98. The summed E-state index contributed by atoms with van der Waals surface area (Å²) in [6.07, 6.45) is 5.14. The van der Waals surface area contributed by atoms with Crippen molar-refractivity contribution in [2.45, 2.75) is 31.5 Å². The summed E-state index contributed by atoms with van der Waals surface area (Å²) in [5, 5.41) is 10.0. The molecule has 0 saturated heterocycles. The van der Waals surface area contributed by atoms with Crippen molar-refractivity contribution in [2.24, 2.45) is 17.6 Å². The average Bonchev–Trinajstić information content (AvgIpc) is 2.61. The first-order valence-corrected chi connectivity index (χ1v) is 6.96. The van der Waals surface area contributed by atoms with Crippen molar-refractivity contribution in [3.8, 4) is 0 Å². The first kappa shape index (κ1) is 11.4. The molecule has 0 spiro atoms. The van der Waals surface area contributed by atoms with Gasteiger partial charge in [-0.1, -0.05) is 18.7 Å². The molecular weight excluding hydrogens is 205 g/mol. The van der Waals surface area contributed by atoms with E-state index in [1.807, 2.05) is 11.8 Å². The number of nitrogens with two attached hydrogens (primary N) is 1. The van der Waals surface area contributed by atoms with Gasteiger partial charge in [0.25, 0.3) is 0 Å². The fourth-order valence-corrected chi connectivity index (χ4v) is 4.03. The Morgan fingerprint density at radius 2 is 2.00 bits per heavy atom. The largest absolute Gasteiger partial charge is 0.511 e. The Labute approximate surface area is 97.1 Å². The Hall–Kier alpha value is -0.0851. The van der Waals surface area contributed by atoms with Gasteiger partial charge in [0.1, 0.15) is 13.6 Å². The maximum atomic E-state index is 10.0. The Balaban J connectivity index is 2.02. The van der Waals surface area contributed by atoms with E-state index in [0.29, 0.717) is 18.2 Å². The molecule has 4 heteroatoms. The van der Waals surface area contributed by atoms with Gasteiger partial charge in [0, 0.05) is 23.1 Å². The highest BCUT2D eigenvalue weighted by atomic mass is 32.2. The highest BCUT2D eigenvalue weighted by Crippen LogP contribution is 2.45.